The summed E-state index contributed by atoms with van der Waals surface area (Å²) in [4.78, 5) is 18.3. The van der Waals surface area contributed by atoms with E-state index in [9.17, 15) is 9.90 Å². The van der Waals surface area contributed by atoms with Gasteiger partial charge in [-0.05, 0) is 48.1 Å². The predicted molar refractivity (Wildman–Crippen MR) is 123 cm³/mol. The molecule has 1 atom stereocenters. The fraction of sp³-hybridized carbons (Fsp3) is 0.391. The van der Waals surface area contributed by atoms with Gasteiger partial charge in [-0.25, -0.2) is 4.98 Å². The molecule has 1 N–H and O–H groups in total. The number of pyridine rings is 1. The van der Waals surface area contributed by atoms with Crippen LogP contribution >= 0.6 is 35.0 Å². The summed E-state index contributed by atoms with van der Waals surface area (Å²) in [5.41, 5.74) is 3.12. The number of fused-ring (bicyclic) bond motifs is 3. The lowest BCUT2D eigenvalue weighted by Gasteiger charge is -2.25. The standard InChI is InChI=1S/C23H24Cl2N2O2S/c1-23(2,3)15-8-9-26-22-19(15)21(30-17-7-6-14(24)12-16(17)25)20-13(11-18(28)29)5-4-10-27(20)22/h6-9,12-13H,4-5,10-11H2,1-3H3,(H,28,29). The summed E-state index contributed by atoms with van der Waals surface area (Å²) in [6.45, 7) is 7.42. The van der Waals surface area contributed by atoms with E-state index >= 15 is 0 Å². The van der Waals surface area contributed by atoms with E-state index in [1.165, 1.54) is 5.56 Å². The first-order chi connectivity index (χ1) is 14.2. The number of carboxylic acids is 1. The van der Waals surface area contributed by atoms with E-state index in [2.05, 4.69) is 31.4 Å². The normalized spacial score (nSPS) is 16.6. The number of hydrogen-bond acceptors (Lipinski definition) is 3. The van der Waals surface area contributed by atoms with E-state index in [1.54, 1.807) is 17.8 Å². The van der Waals surface area contributed by atoms with Crippen LogP contribution in [0.4, 0.5) is 0 Å². The topological polar surface area (TPSA) is 55.1 Å². The van der Waals surface area contributed by atoms with Gasteiger partial charge >= 0.3 is 5.97 Å². The molecule has 0 spiro atoms. The number of nitrogens with zero attached hydrogens (tertiary/aromatic N) is 2. The SMILES string of the molecule is CC(C)(C)c1ccnc2c1c(Sc1ccc(Cl)cc1Cl)c1n2CCCC1CC(=O)O. The summed E-state index contributed by atoms with van der Waals surface area (Å²) < 4.78 is 2.23. The fourth-order valence-electron chi connectivity index (χ4n) is 4.31. The Bertz CT molecular complexity index is 1130. The summed E-state index contributed by atoms with van der Waals surface area (Å²) in [5, 5.41) is 11.8. The molecule has 0 saturated carbocycles. The van der Waals surface area contributed by atoms with Crippen LogP contribution in [0.2, 0.25) is 10.0 Å². The zero-order valence-corrected chi connectivity index (χ0v) is 19.5. The van der Waals surface area contributed by atoms with Crippen molar-refractivity contribution in [2.45, 2.75) is 67.7 Å². The van der Waals surface area contributed by atoms with Crippen molar-refractivity contribution in [2.75, 3.05) is 0 Å². The van der Waals surface area contributed by atoms with Gasteiger partial charge in [0.15, 0.2) is 0 Å². The second kappa shape index (κ2) is 8.10. The van der Waals surface area contributed by atoms with E-state index < -0.39 is 5.97 Å². The van der Waals surface area contributed by atoms with Crippen molar-refractivity contribution in [3.8, 4) is 0 Å². The van der Waals surface area contributed by atoms with Gasteiger partial charge in [0.1, 0.15) is 5.65 Å². The number of benzene rings is 1. The first-order valence-corrected chi connectivity index (χ1v) is 11.6. The molecule has 30 heavy (non-hydrogen) atoms. The molecule has 4 rings (SSSR count). The molecule has 7 heteroatoms. The number of carboxylic acid groups (broad SMARTS) is 1. The van der Waals surface area contributed by atoms with E-state index in [0.717, 1.165) is 45.9 Å². The maximum atomic E-state index is 11.6. The molecule has 4 nitrogen and oxygen atoms in total. The Balaban J connectivity index is 2.01. The Labute approximate surface area is 190 Å². The van der Waals surface area contributed by atoms with Crippen LogP contribution in [0, 0.1) is 0 Å². The van der Waals surface area contributed by atoms with Crippen LogP contribution in [0.15, 0.2) is 40.3 Å². The van der Waals surface area contributed by atoms with E-state index in [0.29, 0.717) is 10.0 Å². The van der Waals surface area contributed by atoms with Crippen molar-refractivity contribution in [1.29, 1.82) is 0 Å². The Kier molecular flexibility index (Phi) is 5.82. The average Bonchev–Trinajstić information content (AvgIpc) is 2.98. The van der Waals surface area contributed by atoms with Gasteiger partial charge in [0.25, 0.3) is 0 Å². The zero-order chi connectivity index (χ0) is 21.6. The maximum Gasteiger partial charge on any atom is 0.304 e. The van der Waals surface area contributed by atoms with Crippen molar-refractivity contribution in [3.05, 3.63) is 51.8 Å². The van der Waals surface area contributed by atoms with Crippen LogP contribution in [-0.2, 0) is 16.8 Å². The lowest BCUT2D eigenvalue weighted by Crippen LogP contribution is -2.18. The number of halogens is 2. The molecule has 0 fully saturated rings. The predicted octanol–water partition coefficient (Wildman–Crippen LogP) is 7.14. The van der Waals surface area contributed by atoms with Crippen molar-refractivity contribution in [1.82, 2.24) is 9.55 Å². The molecule has 0 radical (unpaired) electrons. The van der Waals surface area contributed by atoms with Crippen LogP contribution in [0.25, 0.3) is 11.0 Å². The van der Waals surface area contributed by atoms with E-state index in [4.69, 9.17) is 28.2 Å². The van der Waals surface area contributed by atoms with Crippen LogP contribution in [0.1, 0.15) is 57.2 Å². The average molecular weight is 463 g/mol. The zero-order valence-electron chi connectivity index (χ0n) is 17.2. The smallest absolute Gasteiger partial charge is 0.304 e. The number of hydrogen-bond donors (Lipinski definition) is 1. The van der Waals surface area contributed by atoms with Gasteiger partial charge in [0.05, 0.1) is 11.4 Å². The van der Waals surface area contributed by atoms with Crippen molar-refractivity contribution >= 4 is 52.0 Å². The summed E-state index contributed by atoms with van der Waals surface area (Å²) in [6, 6.07) is 7.58. The molecular formula is C23H24Cl2N2O2S. The number of aromatic nitrogens is 2. The molecule has 1 aliphatic heterocycles. The molecule has 0 saturated heterocycles. The minimum atomic E-state index is -0.775. The molecule has 1 unspecified atom stereocenters. The first-order valence-electron chi connectivity index (χ1n) is 10.0. The number of carbonyl (C=O) groups is 1. The quantitative estimate of drug-likeness (QED) is 0.447. The monoisotopic (exact) mass is 462 g/mol. The Morgan fingerprint density at radius 1 is 1.30 bits per heavy atom. The molecule has 158 valence electrons. The molecule has 3 heterocycles. The van der Waals surface area contributed by atoms with Gasteiger partial charge < -0.3 is 9.67 Å². The first kappa shape index (κ1) is 21.5. The highest BCUT2D eigenvalue weighted by Gasteiger charge is 2.33. The second-order valence-corrected chi connectivity index (χ2v) is 10.7. The third-order valence-corrected chi connectivity index (χ3v) is 7.45. The highest BCUT2D eigenvalue weighted by Crippen LogP contribution is 2.49. The van der Waals surface area contributed by atoms with Gasteiger partial charge in [-0.2, -0.15) is 0 Å². The van der Waals surface area contributed by atoms with Crippen LogP contribution in [-0.4, -0.2) is 20.6 Å². The highest BCUT2D eigenvalue weighted by atomic mass is 35.5. The van der Waals surface area contributed by atoms with Crippen LogP contribution < -0.4 is 0 Å². The number of rotatable bonds is 4. The number of aryl methyl sites for hydroxylation is 1. The second-order valence-electron chi connectivity index (χ2n) is 8.79. The van der Waals surface area contributed by atoms with Gasteiger partial charge in [0, 0.05) is 44.6 Å². The van der Waals surface area contributed by atoms with Crippen LogP contribution in [0.3, 0.4) is 0 Å². The lowest BCUT2D eigenvalue weighted by molar-refractivity contribution is -0.137. The Hall–Kier alpha value is -1.69. The third-order valence-electron chi connectivity index (χ3n) is 5.59. The summed E-state index contributed by atoms with van der Waals surface area (Å²) in [5.74, 6) is -0.824. The largest absolute Gasteiger partial charge is 0.481 e. The van der Waals surface area contributed by atoms with Crippen molar-refractivity contribution in [3.63, 3.8) is 0 Å². The molecule has 0 aliphatic carbocycles. The molecule has 1 aromatic carbocycles. The van der Waals surface area contributed by atoms with Gasteiger partial charge in [0.2, 0.25) is 0 Å². The maximum absolute atomic E-state index is 11.6. The molecule has 2 aromatic heterocycles. The molecule has 0 bridgehead atoms. The third kappa shape index (κ3) is 3.95. The molecule has 1 aliphatic rings. The Morgan fingerprint density at radius 2 is 2.07 bits per heavy atom. The fourth-order valence-corrected chi connectivity index (χ4v) is 6.04. The summed E-state index contributed by atoms with van der Waals surface area (Å²) in [7, 11) is 0. The van der Waals surface area contributed by atoms with Crippen molar-refractivity contribution < 1.29 is 9.90 Å². The highest BCUT2D eigenvalue weighted by molar-refractivity contribution is 7.99. The van der Waals surface area contributed by atoms with Gasteiger partial charge in [-0.3, -0.25) is 4.79 Å². The van der Waals surface area contributed by atoms with Crippen molar-refractivity contribution in [2.24, 2.45) is 0 Å². The molecular weight excluding hydrogens is 439 g/mol. The van der Waals surface area contributed by atoms with Gasteiger partial charge in [-0.1, -0.05) is 55.7 Å². The van der Waals surface area contributed by atoms with E-state index in [-0.39, 0.29) is 17.8 Å². The minimum absolute atomic E-state index is 0.0492. The minimum Gasteiger partial charge on any atom is -0.481 e. The number of aliphatic carboxylic acids is 1. The van der Waals surface area contributed by atoms with Crippen LogP contribution in [0.5, 0.6) is 0 Å². The molecule has 3 aromatic rings. The summed E-state index contributed by atoms with van der Waals surface area (Å²) >= 11 is 14.2. The summed E-state index contributed by atoms with van der Waals surface area (Å²) in [6.07, 6.45) is 3.78. The van der Waals surface area contributed by atoms with E-state index in [1.807, 2.05) is 18.3 Å². The lowest BCUT2D eigenvalue weighted by atomic mass is 9.85. The Morgan fingerprint density at radius 3 is 2.73 bits per heavy atom. The van der Waals surface area contributed by atoms with Gasteiger partial charge in [-0.15, -0.1) is 0 Å². The molecule has 0 amide bonds.